The molecule has 6 heteroatoms. The van der Waals surface area contributed by atoms with Crippen molar-refractivity contribution >= 4 is 0 Å². The Bertz CT molecular complexity index is 659. The predicted molar refractivity (Wildman–Crippen MR) is 86.0 cm³/mol. The quantitative estimate of drug-likeness (QED) is 0.833. The Kier molecular flexibility index (Phi) is 4.35. The first kappa shape index (κ1) is 17.3. The number of aryl methyl sites for hydroxylation is 1. The number of fused-ring (bicyclic) bond motifs is 1. The lowest BCUT2D eigenvalue weighted by molar-refractivity contribution is -0.220. The summed E-state index contributed by atoms with van der Waals surface area (Å²) in [6.07, 6.45) is 2.30. The number of benzene rings is 1. The van der Waals surface area contributed by atoms with Crippen molar-refractivity contribution in [3.63, 3.8) is 0 Å². The van der Waals surface area contributed by atoms with Gasteiger partial charge in [0.05, 0.1) is 19.3 Å². The van der Waals surface area contributed by atoms with Crippen LogP contribution >= 0.6 is 0 Å². The van der Waals surface area contributed by atoms with Crippen LogP contribution in [-0.4, -0.2) is 37.5 Å². The zero-order valence-corrected chi connectivity index (χ0v) is 14.6. The van der Waals surface area contributed by atoms with Crippen molar-refractivity contribution in [3.05, 3.63) is 34.9 Å². The standard InChI is InChI=1S/C19H24F2O4/c1-12-7-16(21)14(9-15(12)20)8-13(2)19-4-3-18(23-5-6-24-18)10-17(19)22-11-25-19/h7,9,13,17H,3-6,8,10-11H2,1-2H3/t13?,17-,19-/m1/s1. The van der Waals surface area contributed by atoms with Gasteiger partial charge in [-0.2, -0.15) is 0 Å². The average molecular weight is 354 g/mol. The van der Waals surface area contributed by atoms with Gasteiger partial charge in [0.25, 0.3) is 0 Å². The van der Waals surface area contributed by atoms with Crippen molar-refractivity contribution in [1.82, 2.24) is 0 Å². The molecule has 0 aromatic heterocycles. The van der Waals surface area contributed by atoms with Crippen LogP contribution in [0.4, 0.5) is 8.78 Å². The molecule has 4 rings (SSSR count). The molecular weight excluding hydrogens is 330 g/mol. The van der Waals surface area contributed by atoms with Crippen molar-refractivity contribution in [2.75, 3.05) is 20.0 Å². The molecule has 3 fully saturated rings. The third kappa shape index (κ3) is 2.89. The maximum Gasteiger partial charge on any atom is 0.171 e. The van der Waals surface area contributed by atoms with E-state index < -0.39 is 11.4 Å². The fourth-order valence-corrected chi connectivity index (χ4v) is 4.51. The number of rotatable bonds is 3. The van der Waals surface area contributed by atoms with Crippen molar-refractivity contribution in [1.29, 1.82) is 0 Å². The Morgan fingerprint density at radius 1 is 1.12 bits per heavy atom. The normalized spacial score (nSPS) is 32.1. The topological polar surface area (TPSA) is 36.9 Å². The highest BCUT2D eigenvalue weighted by molar-refractivity contribution is 5.26. The van der Waals surface area contributed by atoms with Gasteiger partial charge in [0.1, 0.15) is 24.0 Å². The summed E-state index contributed by atoms with van der Waals surface area (Å²) in [5.41, 5.74) is 0.197. The maximum absolute atomic E-state index is 14.3. The molecule has 1 aliphatic carbocycles. The van der Waals surface area contributed by atoms with E-state index in [0.29, 0.717) is 37.2 Å². The molecular formula is C19H24F2O4. The SMILES string of the molecule is Cc1cc(F)c(CC(C)[C@]23CCC4(C[C@H]2OCO3)OCCO4)cc1F. The van der Waals surface area contributed by atoms with Crippen molar-refractivity contribution in [2.24, 2.45) is 5.92 Å². The minimum absolute atomic E-state index is 0.0182. The van der Waals surface area contributed by atoms with Gasteiger partial charge in [-0.1, -0.05) is 6.92 Å². The lowest BCUT2D eigenvalue weighted by Crippen LogP contribution is -2.55. The summed E-state index contributed by atoms with van der Waals surface area (Å²) in [6.45, 7) is 5.01. The minimum atomic E-state index is -0.567. The summed E-state index contributed by atoms with van der Waals surface area (Å²) in [5.74, 6) is -1.33. The third-order valence-electron chi connectivity index (χ3n) is 6.04. The highest BCUT2D eigenvalue weighted by Crippen LogP contribution is 2.49. The third-order valence-corrected chi connectivity index (χ3v) is 6.04. The summed E-state index contributed by atoms with van der Waals surface area (Å²) >= 11 is 0. The highest BCUT2D eigenvalue weighted by atomic mass is 19.1. The first-order valence-corrected chi connectivity index (χ1v) is 8.92. The lowest BCUT2D eigenvalue weighted by Gasteiger charge is -2.46. The molecule has 1 saturated carbocycles. The average Bonchev–Trinajstić information content (AvgIpc) is 3.20. The fraction of sp³-hybridized carbons (Fsp3) is 0.684. The Hall–Kier alpha value is -1.08. The van der Waals surface area contributed by atoms with E-state index in [4.69, 9.17) is 18.9 Å². The molecule has 2 aliphatic heterocycles. The van der Waals surface area contributed by atoms with Crippen LogP contribution in [0.3, 0.4) is 0 Å². The first-order chi connectivity index (χ1) is 11.9. The zero-order valence-electron chi connectivity index (χ0n) is 14.6. The molecule has 1 aromatic carbocycles. The van der Waals surface area contributed by atoms with E-state index in [-0.39, 0.29) is 30.4 Å². The van der Waals surface area contributed by atoms with Crippen LogP contribution in [0.15, 0.2) is 12.1 Å². The fourth-order valence-electron chi connectivity index (χ4n) is 4.51. The molecule has 138 valence electrons. The summed E-state index contributed by atoms with van der Waals surface area (Å²) < 4.78 is 51.6. The second kappa shape index (κ2) is 6.27. The van der Waals surface area contributed by atoms with Gasteiger partial charge in [-0.15, -0.1) is 0 Å². The molecule has 3 aliphatic rings. The molecule has 1 aromatic rings. The number of hydrogen-bond donors (Lipinski definition) is 0. The van der Waals surface area contributed by atoms with Gasteiger partial charge >= 0.3 is 0 Å². The molecule has 0 bridgehead atoms. The largest absolute Gasteiger partial charge is 0.349 e. The molecule has 2 saturated heterocycles. The molecule has 4 nitrogen and oxygen atoms in total. The molecule has 3 atom stereocenters. The van der Waals surface area contributed by atoms with Gasteiger partial charge in [0.2, 0.25) is 0 Å². The summed E-state index contributed by atoms with van der Waals surface area (Å²) in [4.78, 5) is 0. The van der Waals surface area contributed by atoms with Gasteiger partial charge < -0.3 is 18.9 Å². The highest BCUT2D eigenvalue weighted by Gasteiger charge is 2.58. The Balaban J connectivity index is 1.55. The van der Waals surface area contributed by atoms with Gasteiger partial charge in [-0.3, -0.25) is 0 Å². The van der Waals surface area contributed by atoms with Crippen LogP contribution in [0.2, 0.25) is 0 Å². The van der Waals surface area contributed by atoms with E-state index in [1.54, 1.807) is 6.92 Å². The van der Waals surface area contributed by atoms with Crippen molar-refractivity contribution in [2.45, 2.75) is 57.0 Å². The van der Waals surface area contributed by atoms with Crippen molar-refractivity contribution < 1.29 is 27.7 Å². The van der Waals surface area contributed by atoms with E-state index >= 15 is 0 Å². The van der Waals surface area contributed by atoms with E-state index in [2.05, 4.69) is 0 Å². The molecule has 0 radical (unpaired) electrons. The van der Waals surface area contributed by atoms with E-state index in [0.717, 1.165) is 12.8 Å². The van der Waals surface area contributed by atoms with Crippen LogP contribution < -0.4 is 0 Å². The van der Waals surface area contributed by atoms with Crippen LogP contribution in [0.25, 0.3) is 0 Å². The molecule has 0 N–H and O–H groups in total. The number of halogens is 2. The Labute approximate surface area is 146 Å². The lowest BCUT2D eigenvalue weighted by atomic mass is 9.70. The van der Waals surface area contributed by atoms with Gasteiger partial charge in [0.15, 0.2) is 5.79 Å². The number of hydrogen-bond acceptors (Lipinski definition) is 4. The van der Waals surface area contributed by atoms with Crippen LogP contribution in [0.1, 0.15) is 37.3 Å². The van der Waals surface area contributed by atoms with Crippen LogP contribution in [0, 0.1) is 24.5 Å². The minimum Gasteiger partial charge on any atom is -0.349 e. The van der Waals surface area contributed by atoms with Gasteiger partial charge in [0, 0.05) is 12.8 Å². The van der Waals surface area contributed by atoms with Crippen LogP contribution in [-0.2, 0) is 25.4 Å². The summed E-state index contributed by atoms with van der Waals surface area (Å²) in [7, 11) is 0. The molecule has 1 spiro atoms. The maximum atomic E-state index is 14.3. The summed E-state index contributed by atoms with van der Waals surface area (Å²) in [5, 5.41) is 0. The molecule has 2 heterocycles. The summed E-state index contributed by atoms with van der Waals surface area (Å²) in [6, 6.07) is 2.56. The first-order valence-electron chi connectivity index (χ1n) is 8.92. The molecule has 25 heavy (non-hydrogen) atoms. The Morgan fingerprint density at radius 2 is 1.88 bits per heavy atom. The second-order valence-electron chi connectivity index (χ2n) is 7.48. The Morgan fingerprint density at radius 3 is 2.64 bits per heavy atom. The second-order valence-corrected chi connectivity index (χ2v) is 7.48. The monoisotopic (exact) mass is 354 g/mol. The van der Waals surface area contributed by atoms with Crippen molar-refractivity contribution in [3.8, 4) is 0 Å². The van der Waals surface area contributed by atoms with Gasteiger partial charge in [-0.05, 0) is 48.9 Å². The van der Waals surface area contributed by atoms with Gasteiger partial charge in [-0.25, -0.2) is 8.78 Å². The molecule has 0 amide bonds. The van der Waals surface area contributed by atoms with E-state index in [9.17, 15) is 8.78 Å². The zero-order chi connectivity index (χ0) is 17.7. The van der Waals surface area contributed by atoms with E-state index in [1.165, 1.54) is 12.1 Å². The smallest absolute Gasteiger partial charge is 0.171 e. The number of ether oxygens (including phenoxy) is 4. The predicted octanol–water partition coefficient (Wildman–Crippen LogP) is 3.49. The molecule has 1 unspecified atom stereocenters. The van der Waals surface area contributed by atoms with E-state index in [1.807, 2.05) is 6.92 Å². The van der Waals surface area contributed by atoms with Crippen LogP contribution in [0.5, 0.6) is 0 Å².